The van der Waals surface area contributed by atoms with E-state index in [1.807, 2.05) is 37.3 Å². The number of rotatable bonds is 7. The average Bonchev–Trinajstić information content (AvgIpc) is 3.47. The summed E-state index contributed by atoms with van der Waals surface area (Å²) in [5, 5.41) is 3.84. The number of amides is 1. The molecule has 0 saturated heterocycles. The first-order valence-electron chi connectivity index (χ1n) is 8.70. The molecule has 2 aromatic carbocycles. The first-order chi connectivity index (χ1) is 12.5. The lowest BCUT2D eigenvalue weighted by Crippen LogP contribution is -3.13. The van der Waals surface area contributed by atoms with E-state index in [0.29, 0.717) is 28.3 Å². The van der Waals surface area contributed by atoms with Crippen molar-refractivity contribution in [2.75, 3.05) is 19.0 Å². The molecule has 1 saturated carbocycles. The minimum atomic E-state index is -0.0742. The minimum absolute atomic E-state index is 0.0742. The summed E-state index contributed by atoms with van der Waals surface area (Å²) in [7, 11) is 1.66. The number of carbonyl (C=O) groups excluding carboxylic acids is 1. The number of anilines is 1. The Bertz CT molecular complexity index is 789. The van der Waals surface area contributed by atoms with E-state index in [1.165, 1.54) is 10.5 Å². The van der Waals surface area contributed by atoms with Gasteiger partial charge in [0.15, 0.2) is 6.54 Å². The van der Waals surface area contributed by atoms with Gasteiger partial charge in [0, 0.05) is 18.4 Å². The molecule has 3 rings (SSSR count). The molecule has 0 radical (unpaired) electrons. The fraction of sp³-hybridized carbons (Fsp3) is 0.350. The highest BCUT2D eigenvalue weighted by atomic mass is 35.5. The Hall–Kier alpha value is -1.75. The Morgan fingerprint density at radius 2 is 1.88 bits per heavy atom. The number of aryl methyl sites for hydroxylation is 1. The van der Waals surface area contributed by atoms with Crippen molar-refractivity contribution in [1.29, 1.82) is 0 Å². The topological polar surface area (TPSA) is 42.8 Å². The van der Waals surface area contributed by atoms with Gasteiger partial charge in [-0.15, -0.1) is 0 Å². The second kappa shape index (κ2) is 8.30. The molecule has 6 heteroatoms. The lowest BCUT2D eigenvalue weighted by molar-refractivity contribution is -0.916. The zero-order chi connectivity index (χ0) is 18.7. The first-order valence-corrected chi connectivity index (χ1v) is 9.45. The third-order valence-corrected chi connectivity index (χ3v) is 5.48. The summed E-state index contributed by atoms with van der Waals surface area (Å²) in [6.45, 7) is 3.08. The van der Waals surface area contributed by atoms with Crippen molar-refractivity contribution in [2.45, 2.75) is 32.4 Å². The van der Waals surface area contributed by atoms with E-state index in [-0.39, 0.29) is 5.91 Å². The number of methoxy groups -OCH3 is 1. The molecule has 0 heterocycles. The van der Waals surface area contributed by atoms with E-state index in [1.54, 1.807) is 13.2 Å². The van der Waals surface area contributed by atoms with Gasteiger partial charge in [-0.2, -0.15) is 0 Å². The number of ether oxygens (including phenoxy) is 1. The highest BCUT2D eigenvalue weighted by Gasteiger charge is 2.34. The van der Waals surface area contributed by atoms with Crippen LogP contribution < -0.4 is 15.0 Å². The van der Waals surface area contributed by atoms with E-state index in [0.717, 1.165) is 30.7 Å². The van der Waals surface area contributed by atoms with Crippen LogP contribution in [0.15, 0.2) is 36.4 Å². The molecule has 4 nitrogen and oxygen atoms in total. The van der Waals surface area contributed by atoms with Crippen LogP contribution in [-0.2, 0) is 11.3 Å². The summed E-state index contributed by atoms with van der Waals surface area (Å²) >= 11 is 12.5. The Kier molecular flexibility index (Phi) is 6.07. The SMILES string of the molecule is COc1ccc(C[NH+](CC(=O)Nc2c(Cl)ccc(C)c2Cl)C2CC2)cc1. The van der Waals surface area contributed by atoms with Gasteiger partial charge < -0.3 is 15.0 Å². The zero-order valence-electron chi connectivity index (χ0n) is 14.9. The lowest BCUT2D eigenvalue weighted by atomic mass is 10.2. The van der Waals surface area contributed by atoms with Crippen molar-refractivity contribution in [2.24, 2.45) is 0 Å². The molecule has 0 spiro atoms. The molecule has 1 amide bonds. The molecule has 0 bridgehead atoms. The number of nitrogens with one attached hydrogen (secondary N) is 2. The maximum Gasteiger partial charge on any atom is 0.279 e. The maximum absolute atomic E-state index is 12.6. The third-order valence-electron chi connectivity index (χ3n) is 4.68. The van der Waals surface area contributed by atoms with Crippen LogP contribution in [0.25, 0.3) is 0 Å². The van der Waals surface area contributed by atoms with Gasteiger partial charge in [0.25, 0.3) is 5.91 Å². The van der Waals surface area contributed by atoms with Gasteiger partial charge in [-0.05, 0) is 42.8 Å². The number of halogens is 2. The summed E-state index contributed by atoms with van der Waals surface area (Å²) in [5.74, 6) is 0.762. The highest BCUT2D eigenvalue weighted by Crippen LogP contribution is 2.32. The van der Waals surface area contributed by atoms with Crippen molar-refractivity contribution in [3.05, 3.63) is 57.6 Å². The van der Waals surface area contributed by atoms with Crippen molar-refractivity contribution in [3.8, 4) is 5.75 Å². The molecule has 1 unspecified atom stereocenters. The van der Waals surface area contributed by atoms with Crippen LogP contribution in [0.5, 0.6) is 5.75 Å². The van der Waals surface area contributed by atoms with Crippen LogP contribution >= 0.6 is 23.2 Å². The van der Waals surface area contributed by atoms with Gasteiger partial charge in [-0.3, -0.25) is 4.79 Å². The van der Waals surface area contributed by atoms with Gasteiger partial charge in [0.1, 0.15) is 12.3 Å². The normalized spacial score (nSPS) is 14.8. The van der Waals surface area contributed by atoms with Gasteiger partial charge in [-0.1, -0.05) is 29.3 Å². The Morgan fingerprint density at radius 3 is 2.50 bits per heavy atom. The maximum atomic E-state index is 12.6. The molecule has 26 heavy (non-hydrogen) atoms. The van der Waals surface area contributed by atoms with Crippen LogP contribution in [0.4, 0.5) is 5.69 Å². The summed E-state index contributed by atoms with van der Waals surface area (Å²) in [6, 6.07) is 12.1. The highest BCUT2D eigenvalue weighted by molar-refractivity contribution is 6.40. The van der Waals surface area contributed by atoms with Crippen LogP contribution in [0.3, 0.4) is 0 Å². The van der Waals surface area contributed by atoms with Crippen LogP contribution in [0.1, 0.15) is 24.0 Å². The van der Waals surface area contributed by atoms with Crippen LogP contribution in [-0.4, -0.2) is 25.6 Å². The van der Waals surface area contributed by atoms with Crippen LogP contribution in [0.2, 0.25) is 10.0 Å². The Balaban J connectivity index is 1.66. The van der Waals surface area contributed by atoms with Crippen molar-refractivity contribution in [1.82, 2.24) is 0 Å². The standard InChI is InChI=1S/C20H22Cl2N2O2/c1-13-3-10-17(21)20(19(13)22)23-18(25)12-24(15-6-7-15)11-14-4-8-16(26-2)9-5-14/h3-5,8-10,15H,6-7,11-12H2,1-2H3,(H,23,25)/p+1. The zero-order valence-corrected chi connectivity index (χ0v) is 16.5. The molecule has 1 atom stereocenters. The van der Waals surface area contributed by atoms with E-state index >= 15 is 0 Å². The lowest BCUT2D eigenvalue weighted by Gasteiger charge is -2.19. The number of carbonyl (C=O) groups is 1. The quantitative estimate of drug-likeness (QED) is 0.755. The smallest absolute Gasteiger partial charge is 0.279 e. The van der Waals surface area contributed by atoms with E-state index < -0.39 is 0 Å². The molecular formula is C20H23Cl2N2O2+. The monoisotopic (exact) mass is 393 g/mol. The molecule has 2 N–H and O–H groups in total. The summed E-state index contributed by atoms with van der Waals surface area (Å²) in [5.41, 5.74) is 2.57. The predicted molar refractivity (Wildman–Crippen MR) is 105 cm³/mol. The summed E-state index contributed by atoms with van der Waals surface area (Å²) in [6.07, 6.45) is 2.31. The summed E-state index contributed by atoms with van der Waals surface area (Å²) in [4.78, 5) is 13.8. The Labute approximate surface area is 164 Å². The molecule has 1 aliphatic rings. The second-order valence-corrected chi connectivity index (χ2v) is 7.52. The van der Waals surface area contributed by atoms with Crippen LogP contribution in [0, 0.1) is 6.92 Å². The second-order valence-electron chi connectivity index (χ2n) is 6.74. The summed E-state index contributed by atoms with van der Waals surface area (Å²) < 4.78 is 5.20. The molecule has 2 aromatic rings. The predicted octanol–water partition coefficient (Wildman–Crippen LogP) is 3.50. The number of benzene rings is 2. The fourth-order valence-electron chi connectivity index (χ4n) is 3.01. The number of hydrogen-bond donors (Lipinski definition) is 2. The molecule has 138 valence electrons. The van der Waals surface area contributed by atoms with Crippen molar-refractivity contribution >= 4 is 34.8 Å². The third kappa shape index (κ3) is 4.70. The fourth-order valence-corrected chi connectivity index (χ4v) is 3.47. The average molecular weight is 394 g/mol. The molecule has 1 aliphatic carbocycles. The molecule has 0 aliphatic heterocycles. The van der Waals surface area contributed by atoms with Crippen molar-refractivity contribution < 1.29 is 14.4 Å². The Morgan fingerprint density at radius 1 is 1.19 bits per heavy atom. The molecular weight excluding hydrogens is 371 g/mol. The number of hydrogen-bond acceptors (Lipinski definition) is 2. The number of quaternary nitrogens is 1. The van der Waals surface area contributed by atoms with E-state index in [9.17, 15) is 4.79 Å². The van der Waals surface area contributed by atoms with Gasteiger partial charge in [0.2, 0.25) is 0 Å². The van der Waals surface area contributed by atoms with Crippen molar-refractivity contribution in [3.63, 3.8) is 0 Å². The van der Waals surface area contributed by atoms with Gasteiger partial charge in [-0.25, -0.2) is 0 Å². The molecule has 0 aromatic heterocycles. The van der Waals surface area contributed by atoms with E-state index in [2.05, 4.69) is 5.32 Å². The van der Waals surface area contributed by atoms with E-state index in [4.69, 9.17) is 27.9 Å². The first kappa shape index (κ1) is 19.0. The van der Waals surface area contributed by atoms with Gasteiger partial charge in [0.05, 0.1) is 28.9 Å². The van der Waals surface area contributed by atoms with Gasteiger partial charge >= 0.3 is 0 Å². The minimum Gasteiger partial charge on any atom is -0.497 e. The molecule has 1 fully saturated rings. The largest absolute Gasteiger partial charge is 0.497 e.